The van der Waals surface area contributed by atoms with E-state index in [9.17, 15) is 19.2 Å². The van der Waals surface area contributed by atoms with Crippen molar-refractivity contribution < 1.29 is 23.9 Å². The quantitative estimate of drug-likeness (QED) is 0.524. The van der Waals surface area contributed by atoms with Crippen LogP contribution in [0.25, 0.3) is 0 Å². The number of hydrogen-bond acceptors (Lipinski definition) is 5. The summed E-state index contributed by atoms with van der Waals surface area (Å²) in [4.78, 5) is 49.6. The lowest BCUT2D eigenvalue weighted by Crippen LogP contribution is -2.46. The second-order valence-corrected chi connectivity index (χ2v) is 6.78. The van der Waals surface area contributed by atoms with Crippen molar-refractivity contribution in [2.75, 3.05) is 18.5 Å². The predicted octanol–water partition coefficient (Wildman–Crippen LogP) is 2.15. The second kappa shape index (κ2) is 8.86. The van der Waals surface area contributed by atoms with Gasteiger partial charge in [0, 0.05) is 5.69 Å². The third kappa shape index (κ3) is 4.32. The minimum absolute atomic E-state index is 0.429. The van der Waals surface area contributed by atoms with Crippen LogP contribution in [0.1, 0.15) is 44.7 Å². The standard InChI is InChI=1S/C20H27N3O5/c1-5-14-10-8-9-13(4)17(14)21-15(24)12-28-16(25)11-23-18(26)20(6-2,7-3)22-19(23)27/h8-10H,5-7,11-12H2,1-4H3,(H,21,24)(H,22,27). The molecule has 8 heteroatoms. The highest BCUT2D eigenvalue weighted by Gasteiger charge is 2.49. The number of benzene rings is 1. The maximum atomic E-state index is 12.5. The fourth-order valence-electron chi connectivity index (χ4n) is 3.25. The second-order valence-electron chi connectivity index (χ2n) is 6.78. The van der Waals surface area contributed by atoms with Gasteiger partial charge in [0.15, 0.2) is 6.61 Å². The Kier molecular flexibility index (Phi) is 6.77. The number of carbonyl (C=O) groups is 4. The van der Waals surface area contributed by atoms with Crippen LogP contribution in [0.3, 0.4) is 0 Å². The van der Waals surface area contributed by atoms with E-state index >= 15 is 0 Å². The average Bonchev–Trinajstić information content (AvgIpc) is 2.92. The van der Waals surface area contributed by atoms with Gasteiger partial charge in [0.05, 0.1) is 0 Å². The number of nitrogens with one attached hydrogen (secondary N) is 2. The number of esters is 1. The Morgan fingerprint density at radius 1 is 1.18 bits per heavy atom. The minimum Gasteiger partial charge on any atom is -0.454 e. The molecule has 1 aliphatic rings. The third-order valence-corrected chi connectivity index (χ3v) is 5.11. The lowest BCUT2D eigenvalue weighted by atomic mass is 9.93. The first-order chi connectivity index (χ1) is 13.3. The maximum absolute atomic E-state index is 12.5. The molecule has 1 heterocycles. The van der Waals surface area contributed by atoms with Crippen LogP contribution in [0, 0.1) is 6.92 Å². The number of imide groups is 1. The van der Waals surface area contributed by atoms with E-state index in [4.69, 9.17) is 4.74 Å². The molecule has 0 radical (unpaired) electrons. The molecule has 0 aliphatic carbocycles. The number of nitrogens with zero attached hydrogens (tertiary/aromatic N) is 1. The van der Waals surface area contributed by atoms with Gasteiger partial charge in [-0.2, -0.15) is 0 Å². The zero-order valence-electron chi connectivity index (χ0n) is 16.8. The van der Waals surface area contributed by atoms with Gasteiger partial charge in [-0.05, 0) is 37.3 Å². The average molecular weight is 389 g/mol. The van der Waals surface area contributed by atoms with Gasteiger partial charge in [-0.1, -0.05) is 39.0 Å². The molecule has 152 valence electrons. The summed E-state index contributed by atoms with van der Waals surface area (Å²) >= 11 is 0. The van der Waals surface area contributed by atoms with E-state index in [1.54, 1.807) is 13.8 Å². The van der Waals surface area contributed by atoms with E-state index in [-0.39, 0.29) is 0 Å². The van der Waals surface area contributed by atoms with Gasteiger partial charge < -0.3 is 15.4 Å². The highest BCUT2D eigenvalue weighted by molar-refractivity contribution is 6.08. The Bertz CT molecular complexity index is 786. The molecule has 0 spiro atoms. The van der Waals surface area contributed by atoms with E-state index in [1.807, 2.05) is 32.0 Å². The molecule has 1 aromatic rings. The van der Waals surface area contributed by atoms with Crippen molar-refractivity contribution in [2.24, 2.45) is 0 Å². The van der Waals surface area contributed by atoms with Crippen molar-refractivity contribution in [3.8, 4) is 0 Å². The normalized spacial score (nSPS) is 15.4. The zero-order chi connectivity index (χ0) is 20.9. The summed E-state index contributed by atoms with van der Waals surface area (Å²) in [5.74, 6) is -1.75. The van der Waals surface area contributed by atoms with Gasteiger partial charge in [-0.25, -0.2) is 4.79 Å². The van der Waals surface area contributed by atoms with E-state index in [2.05, 4.69) is 10.6 Å². The number of rotatable bonds is 8. The number of anilines is 1. The Morgan fingerprint density at radius 2 is 1.86 bits per heavy atom. The Morgan fingerprint density at radius 3 is 2.43 bits per heavy atom. The van der Waals surface area contributed by atoms with Gasteiger partial charge in [-0.15, -0.1) is 0 Å². The highest BCUT2D eigenvalue weighted by atomic mass is 16.5. The molecule has 0 saturated carbocycles. The molecule has 28 heavy (non-hydrogen) atoms. The molecule has 8 nitrogen and oxygen atoms in total. The van der Waals surface area contributed by atoms with E-state index in [1.165, 1.54) is 0 Å². The van der Waals surface area contributed by atoms with Crippen molar-refractivity contribution in [1.82, 2.24) is 10.2 Å². The molecule has 4 amide bonds. The van der Waals surface area contributed by atoms with Gasteiger partial charge in [0.25, 0.3) is 11.8 Å². The van der Waals surface area contributed by atoms with Crippen molar-refractivity contribution in [2.45, 2.75) is 52.5 Å². The molecule has 1 saturated heterocycles. The van der Waals surface area contributed by atoms with Gasteiger partial charge in [-0.3, -0.25) is 19.3 Å². The first kappa shape index (κ1) is 21.4. The van der Waals surface area contributed by atoms with E-state index < -0.39 is 42.5 Å². The summed E-state index contributed by atoms with van der Waals surface area (Å²) in [6.07, 6.45) is 1.61. The summed E-state index contributed by atoms with van der Waals surface area (Å²) in [5, 5.41) is 5.39. The number of amides is 4. The summed E-state index contributed by atoms with van der Waals surface area (Å²) in [6.45, 7) is 6.44. The van der Waals surface area contributed by atoms with Crippen LogP contribution in [0.5, 0.6) is 0 Å². The van der Waals surface area contributed by atoms with Crippen molar-refractivity contribution in [3.05, 3.63) is 29.3 Å². The molecular weight excluding hydrogens is 362 g/mol. The first-order valence-electron chi connectivity index (χ1n) is 9.46. The Labute approximate surface area is 164 Å². The van der Waals surface area contributed by atoms with E-state index in [0.717, 1.165) is 22.4 Å². The number of urea groups is 1. The largest absolute Gasteiger partial charge is 0.454 e. The lowest BCUT2D eigenvalue weighted by molar-refractivity contribution is -0.150. The van der Waals surface area contributed by atoms with E-state index in [0.29, 0.717) is 18.5 Å². The maximum Gasteiger partial charge on any atom is 0.326 e. The van der Waals surface area contributed by atoms with Crippen molar-refractivity contribution in [1.29, 1.82) is 0 Å². The minimum atomic E-state index is -0.976. The van der Waals surface area contributed by atoms with Crippen molar-refractivity contribution >= 4 is 29.5 Å². The zero-order valence-corrected chi connectivity index (χ0v) is 16.8. The topological polar surface area (TPSA) is 105 Å². The fourth-order valence-corrected chi connectivity index (χ4v) is 3.25. The summed E-state index contributed by atoms with van der Waals surface area (Å²) in [5.41, 5.74) is 1.62. The molecule has 2 N–H and O–H groups in total. The third-order valence-electron chi connectivity index (χ3n) is 5.11. The lowest BCUT2D eigenvalue weighted by Gasteiger charge is -2.22. The Hall–Kier alpha value is -2.90. The molecular formula is C20H27N3O5. The predicted molar refractivity (Wildman–Crippen MR) is 104 cm³/mol. The number of para-hydroxylation sites is 1. The summed E-state index contributed by atoms with van der Waals surface area (Å²) < 4.78 is 4.96. The number of carbonyl (C=O) groups excluding carboxylic acids is 4. The Balaban J connectivity index is 1.92. The molecule has 0 unspecified atom stereocenters. The molecule has 0 bridgehead atoms. The number of hydrogen-bond donors (Lipinski definition) is 2. The molecule has 2 rings (SSSR count). The van der Waals surface area contributed by atoms with Gasteiger partial charge >= 0.3 is 12.0 Å². The van der Waals surface area contributed by atoms with Crippen LogP contribution in [-0.2, 0) is 25.5 Å². The van der Waals surface area contributed by atoms with Crippen LogP contribution in [0.15, 0.2) is 18.2 Å². The SMILES string of the molecule is CCc1cccc(C)c1NC(=O)COC(=O)CN1C(=O)NC(CC)(CC)C1=O. The van der Waals surface area contributed by atoms with Gasteiger partial charge in [0.2, 0.25) is 0 Å². The molecule has 0 atom stereocenters. The van der Waals surface area contributed by atoms with Crippen LogP contribution in [0.2, 0.25) is 0 Å². The van der Waals surface area contributed by atoms with Gasteiger partial charge in [0.1, 0.15) is 12.1 Å². The molecule has 0 aromatic heterocycles. The van der Waals surface area contributed by atoms with Crippen molar-refractivity contribution in [3.63, 3.8) is 0 Å². The van der Waals surface area contributed by atoms with Crippen LogP contribution < -0.4 is 10.6 Å². The van der Waals surface area contributed by atoms with Crippen LogP contribution >= 0.6 is 0 Å². The molecule has 1 fully saturated rings. The summed E-state index contributed by atoms with van der Waals surface area (Å²) in [6, 6.07) is 5.09. The molecule has 1 aromatic carbocycles. The van der Waals surface area contributed by atoms with Crippen LogP contribution in [-0.4, -0.2) is 47.4 Å². The fraction of sp³-hybridized carbons (Fsp3) is 0.500. The van der Waals surface area contributed by atoms with Crippen LogP contribution in [0.4, 0.5) is 10.5 Å². The summed E-state index contributed by atoms with van der Waals surface area (Å²) in [7, 11) is 0. The number of aryl methyl sites for hydroxylation is 2. The number of ether oxygens (including phenoxy) is 1. The highest BCUT2D eigenvalue weighted by Crippen LogP contribution is 2.25. The molecule has 1 aliphatic heterocycles. The smallest absolute Gasteiger partial charge is 0.326 e. The first-order valence-corrected chi connectivity index (χ1v) is 9.46. The monoisotopic (exact) mass is 389 g/mol.